The van der Waals surface area contributed by atoms with Crippen molar-refractivity contribution in [2.45, 2.75) is 105 Å². The SMILES string of the molecule is [C-]#[N+]c1cccc(-c2ccc(-c3cc(-c4nc(-c5cc(C(C)(C)C)cc(C(C)(C)C)c5)nc(-c5cc(C(C)(C)C)cc(C(C)(C)C)c5)n4)ccc3-n3c4ccccc4c4cc5c6ccccc6n(-c6ccccc6)c5cc43)c(-n3c4ccccc4c4cc5c6ccccc6n(-c6ccccc6)c5cc43)c2)c1. The van der Waals surface area contributed by atoms with E-state index in [1.165, 1.54) is 43.8 Å². The third-order valence-corrected chi connectivity index (χ3v) is 21.8. The summed E-state index contributed by atoms with van der Waals surface area (Å²) in [5.74, 6) is 1.78. The Balaban J connectivity index is 0.990. The lowest BCUT2D eigenvalue weighted by Gasteiger charge is -2.26. The fraction of sp³-hybridized carbons (Fsp3) is 0.163. The minimum atomic E-state index is -0.172. The zero-order valence-electron chi connectivity index (χ0n) is 62.1. The lowest BCUT2D eigenvalue weighted by atomic mass is 9.79. The van der Waals surface area contributed by atoms with Gasteiger partial charge in [0.05, 0.1) is 62.1 Å². The minimum Gasteiger partial charge on any atom is -0.309 e. The Bertz CT molecular complexity index is 6520. The van der Waals surface area contributed by atoms with Crippen LogP contribution in [0.25, 0.3) is 171 Å². The highest BCUT2D eigenvalue weighted by atomic mass is 15.1. The van der Waals surface area contributed by atoms with Gasteiger partial charge in [0, 0.05) is 82.3 Å². The molecule has 8 heteroatoms. The number of nitrogens with zero attached hydrogens (tertiary/aromatic N) is 8. The summed E-state index contributed by atoms with van der Waals surface area (Å²) in [5.41, 5.74) is 24.2. The molecule has 13 aromatic carbocycles. The molecule has 514 valence electrons. The number of hydrogen-bond donors (Lipinski definition) is 0. The monoisotopic (exact) mass is 1370 g/mol. The van der Waals surface area contributed by atoms with Crippen molar-refractivity contribution >= 4 is 92.9 Å². The van der Waals surface area contributed by atoms with E-state index in [0.717, 1.165) is 127 Å². The van der Waals surface area contributed by atoms with Crippen LogP contribution in [0, 0.1) is 6.57 Å². The van der Waals surface area contributed by atoms with E-state index < -0.39 is 0 Å². The van der Waals surface area contributed by atoms with Crippen molar-refractivity contribution in [3.8, 4) is 79.2 Å². The molecule has 0 bridgehead atoms. The van der Waals surface area contributed by atoms with Crippen molar-refractivity contribution in [2.24, 2.45) is 0 Å². The molecule has 18 aromatic rings. The van der Waals surface area contributed by atoms with Crippen LogP contribution in [0.2, 0.25) is 0 Å². The number of fused-ring (bicyclic) bond motifs is 12. The summed E-state index contributed by atoms with van der Waals surface area (Å²) in [5, 5.41) is 9.32. The van der Waals surface area contributed by atoms with Gasteiger partial charge in [-0.1, -0.05) is 235 Å². The Labute approximate surface area is 619 Å². The zero-order valence-corrected chi connectivity index (χ0v) is 62.1. The summed E-state index contributed by atoms with van der Waals surface area (Å²) in [4.78, 5) is 21.1. The zero-order chi connectivity index (χ0) is 72.9. The average molecular weight is 1370 g/mol. The molecule has 0 aliphatic heterocycles. The van der Waals surface area contributed by atoms with Crippen molar-refractivity contribution in [1.29, 1.82) is 0 Å². The van der Waals surface area contributed by atoms with Crippen LogP contribution in [0.5, 0.6) is 0 Å². The summed E-state index contributed by atoms with van der Waals surface area (Å²) in [6, 6.07) is 102. The summed E-state index contributed by atoms with van der Waals surface area (Å²) in [7, 11) is 0. The second-order valence-corrected chi connectivity index (χ2v) is 32.9. The van der Waals surface area contributed by atoms with Gasteiger partial charge < -0.3 is 18.3 Å². The van der Waals surface area contributed by atoms with Crippen LogP contribution in [0.15, 0.2) is 279 Å². The Morgan fingerprint density at radius 2 is 0.604 bits per heavy atom. The van der Waals surface area contributed by atoms with E-state index in [2.05, 4.69) is 367 Å². The van der Waals surface area contributed by atoms with Crippen molar-refractivity contribution in [2.75, 3.05) is 0 Å². The molecule has 0 atom stereocenters. The van der Waals surface area contributed by atoms with Crippen molar-refractivity contribution < 1.29 is 0 Å². The van der Waals surface area contributed by atoms with Gasteiger partial charge in [-0.25, -0.2) is 19.8 Å². The maximum absolute atomic E-state index is 8.26. The number of aromatic nitrogens is 7. The Hall–Kier alpha value is -12.4. The second kappa shape index (κ2) is 24.3. The van der Waals surface area contributed by atoms with Gasteiger partial charge in [-0.15, -0.1) is 0 Å². The number of hydrogen-bond acceptors (Lipinski definition) is 3. The predicted molar refractivity (Wildman–Crippen MR) is 445 cm³/mol. The highest BCUT2D eigenvalue weighted by molar-refractivity contribution is 6.21. The molecule has 0 unspecified atom stereocenters. The van der Waals surface area contributed by atoms with Gasteiger partial charge in [0.25, 0.3) is 0 Å². The molecule has 0 spiro atoms. The van der Waals surface area contributed by atoms with Crippen LogP contribution in [0.3, 0.4) is 0 Å². The van der Waals surface area contributed by atoms with Gasteiger partial charge in [0.1, 0.15) is 0 Å². The van der Waals surface area contributed by atoms with Gasteiger partial charge in [-0.05, 0) is 182 Å². The third-order valence-electron chi connectivity index (χ3n) is 21.8. The number of benzene rings is 13. The number of para-hydroxylation sites is 6. The molecule has 18 rings (SSSR count). The Kier molecular flexibility index (Phi) is 15.1. The molecule has 106 heavy (non-hydrogen) atoms. The number of rotatable bonds is 9. The van der Waals surface area contributed by atoms with Gasteiger partial charge in [-0.2, -0.15) is 0 Å². The summed E-state index contributed by atoms with van der Waals surface area (Å²) >= 11 is 0. The Morgan fingerprint density at radius 1 is 0.245 bits per heavy atom. The van der Waals surface area contributed by atoms with E-state index in [4.69, 9.17) is 21.5 Å². The fourth-order valence-electron chi connectivity index (χ4n) is 16.1. The largest absolute Gasteiger partial charge is 0.309 e. The molecule has 0 radical (unpaired) electrons. The van der Waals surface area contributed by atoms with Crippen LogP contribution >= 0.6 is 0 Å². The van der Waals surface area contributed by atoms with Crippen molar-refractivity contribution in [3.63, 3.8) is 0 Å². The topological polar surface area (TPSA) is 62.8 Å². The predicted octanol–water partition coefficient (Wildman–Crippen LogP) is 26.3. The molecule has 5 aromatic heterocycles. The van der Waals surface area contributed by atoms with Crippen LogP contribution in [-0.2, 0) is 21.7 Å². The van der Waals surface area contributed by atoms with Crippen LogP contribution in [0.1, 0.15) is 105 Å². The van der Waals surface area contributed by atoms with E-state index in [1.54, 1.807) is 0 Å². The first-order chi connectivity index (χ1) is 51.0. The Morgan fingerprint density at radius 3 is 1.02 bits per heavy atom. The molecular formula is C98H82N8. The van der Waals surface area contributed by atoms with Crippen molar-refractivity contribution in [1.82, 2.24) is 33.2 Å². The lowest BCUT2D eigenvalue weighted by molar-refractivity contribution is 0.568. The molecule has 8 nitrogen and oxygen atoms in total. The molecule has 0 saturated heterocycles. The van der Waals surface area contributed by atoms with E-state index in [0.29, 0.717) is 23.2 Å². The van der Waals surface area contributed by atoms with E-state index in [1.807, 2.05) is 18.2 Å². The first-order valence-electron chi connectivity index (χ1n) is 36.9. The smallest absolute Gasteiger partial charge is 0.187 e. The van der Waals surface area contributed by atoms with E-state index in [-0.39, 0.29) is 21.7 Å². The second-order valence-electron chi connectivity index (χ2n) is 32.9. The molecular weight excluding hydrogens is 1290 g/mol. The van der Waals surface area contributed by atoms with E-state index in [9.17, 15) is 0 Å². The van der Waals surface area contributed by atoms with Crippen LogP contribution in [0.4, 0.5) is 5.69 Å². The fourth-order valence-corrected chi connectivity index (χ4v) is 16.1. The highest BCUT2D eigenvalue weighted by Crippen LogP contribution is 2.48. The standard InChI is InChI=1S/C98H82N8/c1-95(2,3)65-47-63(48-66(54-65)96(4,5)6)93-100-92(101-94(102-93)64-49-67(97(7,8)9)55-68(50-64)98(10,11)12)62-44-46-86(105-84-41-26-22-37-74(84)80-56-78-72-35-20-24-39-82(72)103(88(78)58-90(80)105)70-31-16-14-17-32-70)77(52-62)76-45-43-61(60-29-28-30-69(51-60)99-13)53-87(76)106-85-42-27-23-38-75(85)81-57-79-73-36-21-25-40-83(73)104(89(79)59-91(81)106)71-33-18-15-19-34-71/h14-59H,1-12H3. The minimum absolute atomic E-state index is 0.172. The first-order valence-corrected chi connectivity index (χ1v) is 36.9. The lowest BCUT2D eigenvalue weighted by Crippen LogP contribution is -2.17. The molecule has 0 aliphatic carbocycles. The molecule has 0 N–H and O–H groups in total. The molecule has 5 heterocycles. The maximum atomic E-state index is 8.26. The van der Waals surface area contributed by atoms with Crippen LogP contribution < -0.4 is 0 Å². The quantitative estimate of drug-likeness (QED) is 0.135. The van der Waals surface area contributed by atoms with Crippen LogP contribution in [-0.4, -0.2) is 33.2 Å². The summed E-state index contributed by atoms with van der Waals surface area (Å²) < 4.78 is 9.85. The van der Waals surface area contributed by atoms with Gasteiger partial charge >= 0.3 is 0 Å². The average Bonchev–Trinajstić information content (AvgIpc) is 1.55. The maximum Gasteiger partial charge on any atom is 0.187 e. The van der Waals surface area contributed by atoms with E-state index >= 15 is 0 Å². The molecule has 0 aliphatic rings. The molecule has 0 amide bonds. The highest BCUT2D eigenvalue weighted by Gasteiger charge is 2.29. The third kappa shape index (κ3) is 11.0. The van der Waals surface area contributed by atoms with Crippen molar-refractivity contribution in [3.05, 3.63) is 313 Å². The molecule has 0 saturated carbocycles. The molecule has 0 fully saturated rings. The summed E-state index contributed by atoms with van der Waals surface area (Å²) in [6.45, 7) is 35.7. The normalized spacial score (nSPS) is 12.5. The summed E-state index contributed by atoms with van der Waals surface area (Å²) in [6.07, 6.45) is 0. The first kappa shape index (κ1) is 65.6. The van der Waals surface area contributed by atoms with Gasteiger partial charge in [0.15, 0.2) is 23.2 Å². The van der Waals surface area contributed by atoms with Gasteiger partial charge in [-0.3, -0.25) is 0 Å². The van der Waals surface area contributed by atoms with Gasteiger partial charge in [0.2, 0.25) is 0 Å².